The SMILES string of the molecule is CCCNc1ccc(-c2nc(-c3ccc4c(c3)CCN(C(=O)CNC(=O)OC(C)(C)C)CC4)no2)cc1C#N. The van der Waals surface area contributed by atoms with Gasteiger partial charge in [-0.25, -0.2) is 4.79 Å². The Morgan fingerprint density at radius 2 is 1.85 bits per heavy atom. The number of hydrogen-bond acceptors (Lipinski definition) is 8. The second-order valence-corrected chi connectivity index (χ2v) is 10.4. The lowest BCUT2D eigenvalue weighted by Gasteiger charge is -2.22. The number of amides is 2. The standard InChI is InChI=1S/C29H34N6O4/c1-5-12-31-24-9-8-22(16-23(24)17-30)27-33-26(34-39-27)21-7-6-19-10-13-35(14-11-20(19)15-21)25(36)18-32-28(37)38-29(2,3)4/h6-9,15-16,31H,5,10-14,18H2,1-4H3,(H,32,37). The summed E-state index contributed by atoms with van der Waals surface area (Å²) in [5.41, 5.74) is 4.45. The van der Waals surface area contributed by atoms with Crippen molar-refractivity contribution in [3.63, 3.8) is 0 Å². The highest BCUT2D eigenvalue weighted by molar-refractivity contribution is 5.82. The summed E-state index contributed by atoms with van der Waals surface area (Å²) in [6.07, 6.45) is 1.73. The number of carbonyl (C=O) groups is 2. The smallest absolute Gasteiger partial charge is 0.408 e. The number of nitrogens with zero attached hydrogens (tertiary/aromatic N) is 4. The molecule has 0 saturated carbocycles. The molecule has 1 aromatic heterocycles. The molecule has 3 aromatic rings. The van der Waals surface area contributed by atoms with Crippen molar-refractivity contribution in [2.45, 2.75) is 52.6 Å². The molecule has 2 aromatic carbocycles. The van der Waals surface area contributed by atoms with Gasteiger partial charge in [0.2, 0.25) is 11.7 Å². The Bertz CT molecular complexity index is 1390. The van der Waals surface area contributed by atoms with E-state index in [1.165, 1.54) is 0 Å². The predicted octanol–water partition coefficient (Wildman–Crippen LogP) is 4.55. The second-order valence-electron chi connectivity index (χ2n) is 10.4. The first-order valence-electron chi connectivity index (χ1n) is 13.2. The number of aromatic nitrogens is 2. The number of fused-ring (bicyclic) bond motifs is 1. The number of carbonyl (C=O) groups excluding carboxylic acids is 2. The minimum atomic E-state index is -0.621. The average molecular weight is 531 g/mol. The molecule has 0 aliphatic carbocycles. The van der Waals surface area contributed by atoms with Crippen LogP contribution in [0.2, 0.25) is 0 Å². The zero-order chi connectivity index (χ0) is 28.0. The molecule has 0 spiro atoms. The van der Waals surface area contributed by atoms with Crippen molar-refractivity contribution in [3.05, 3.63) is 53.1 Å². The number of nitrogens with one attached hydrogen (secondary N) is 2. The zero-order valence-electron chi connectivity index (χ0n) is 22.8. The van der Waals surface area contributed by atoms with Gasteiger partial charge in [-0.2, -0.15) is 10.2 Å². The highest BCUT2D eigenvalue weighted by atomic mass is 16.6. The van der Waals surface area contributed by atoms with Crippen molar-refractivity contribution >= 4 is 17.7 Å². The van der Waals surface area contributed by atoms with Gasteiger partial charge in [0, 0.05) is 30.8 Å². The monoisotopic (exact) mass is 530 g/mol. The van der Waals surface area contributed by atoms with E-state index in [0.717, 1.165) is 35.3 Å². The van der Waals surface area contributed by atoms with Crippen LogP contribution in [-0.2, 0) is 22.4 Å². The number of hydrogen-bond donors (Lipinski definition) is 2. The predicted molar refractivity (Wildman–Crippen MR) is 147 cm³/mol. The van der Waals surface area contributed by atoms with Crippen LogP contribution in [0.4, 0.5) is 10.5 Å². The van der Waals surface area contributed by atoms with Crippen molar-refractivity contribution in [2.24, 2.45) is 0 Å². The molecular formula is C29H34N6O4. The minimum Gasteiger partial charge on any atom is -0.444 e. The van der Waals surface area contributed by atoms with Crippen molar-refractivity contribution in [1.29, 1.82) is 5.26 Å². The summed E-state index contributed by atoms with van der Waals surface area (Å²) in [6.45, 7) is 9.18. The second kappa shape index (κ2) is 12.0. The van der Waals surface area contributed by atoms with E-state index in [-0.39, 0.29) is 12.5 Å². The molecule has 0 bridgehead atoms. The number of benzene rings is 2. The number of ether oxygens (including phenoxy) is 1. The molecule has 0 radical (unpaired) electrons. The molecule has 10 nitrogen and oxygen atoms in total. The molecule has 39 heavy (non-hydrogen) atoms. The third-order valence-corrected chi connectivity index (χ3v) is 6.28. The number of rotatable bonds is 7. The first kappa shape index (κ1) is 27.6. The fourth-order valence-corrected chi connectivity index (χ4v) is 4.33. The molecule has 1 aliphatic heterocycles. The lowest BCUT2D eigenvalue weighted by molar-refractivity contribution is -0.130. The maximum Gasteiger partial charge on any atom is 0.408 e. The number of anilines is 1. The lowest BCUT2D eigenvalue weighted by Crippen LogP contribution is -2.42. The summed E-state index contributed by atoms with van der Waals surface area (Å²) in [7, 11) is 0. The average Bonchev–Trinajstić information content (AvgIpc) is 3.30. The van der Waals surface area contributed by atoms with Crippen LogP contribution in [0.5, 0.6) is 0 Å². The van der Waals surface area contributed by atoms with Gasteiger partial charge in [0.25, 0.3) is 5.89 Å². The van der Waals surface area contributed by atoms with Crippen LogP contribution in [0.3, 0.4) is 0 Å². The molecule has 0 unspecified atom stereocenters. The highest BCUT2D eigenvalue weighted by Crippen LogP contribution is 2.28. The van der Waals surface area contributed by atoms with Crippen LogP contribution in [0, 0.1) is 11.3 Å². The molecule has 0 atom stereocenters. The van der Waals surface area contributed by atoms with Gasteiger partial charge in [-0.05, 0) is 75.4 Å². The van der Waals surface area contributed by atoms with E-state index in [1.807, 2.05) is 30.3 Å². The van der Waals surface area contributed by atoms with Gasteiger partial charge in [0.1, 0.15) is 18.2 Å². The van der Waals surface area contributed by atoms with Gasteiger partial charge in [-0.15, -0.1) is 0 Å². The van der Waals surface area contributed by atoms with Crippen LogP contribution in [-0.4, -0.2) is 58.8 Å². The molecule has 2 heterocycles. The van der Waals surface area contributed by atoms with Gasteiger partial charge >= 0.3 is 6.09 Å². The summed E-state index contributed by atoms with van der Waals surface area (Å²) >= 11 is 0. The molecule has 1 aliphatic rings. The topological polar surface area (TPSA) is 133 Å². The van der Waals surface area contributed by atoms with Gasteiger partial charge in [0.15, 0.2) is 0 Å². The number of nitriles is 1. The zero-order valence-corrected chi connectivity index (χ0v) is 22.8. The molecule has 0 fully saturated rings. The van der Waals surface area contributed by atoms with Crippen molar-refractivity contribution < 1.29 is 18.8 Å². The molecule has 10 heteroatoms. The van der Waals surface area contributed by atoms with E-state index >= 15 is 0 Å². The third-order valence-electron chi connectivity index (χ3n) is 6.28. The quantitative estimate of drug-likeness (QED) is 0.455. The van der Waals surface area contributed by atoms with Crippen LogP contribution < -0.4 is 10.6 Å². The maximum atomic E-state index is 12.7. The lowest BCUT2D eigenvalue weighted by atomic mass is 10.00. The Morgan fingerprint density at radius 1 is 1.10 bits per heavy atom. The Hall–Kier alpha value is -4.39. The Balaban J connectivity index is 1.42. The van der Waals surface area contributed by atoms with Gasteiger partial charge in [0.05, 0.1) is 11.3 Å². The van der Waals surface area contributed by atoms with Gasteiger partial charge < -0.3 is 24.8 Å². The largest absolute Gasteiger partial charge is 0.444 e. The fourth-order valence-electron chi connectivity index (χ4n) is 4.33. The Kier molecular flexibility index (Phi) is 8.49. The van der Waals surface area contributed by atoms with Crippen molar-refractivity contribution in [1.82, 2.24) is 20.4 Å². The first-order chi connectivity index (χ1) is 18.7. The molecule has 2 amide bonds. The van der Waals surface area contributed by atoms with Crippen LogP contribution >= 0.6 is 0 Å². The summed E-state index contributed by atoms with van der Waals surface area (Å²) in [6, 6.07) is 13.7. The normalized spacial score (nSPS) is 13.2. The minimum absolute atomic E-state index is 0.106. The fraction of sp³-hybridized carbons (Fsp3) is 0.414. The summed E-state index contributed by atoms with van der Waals surface area (Å²) in [4.78, 5) is 31.0. The molecule has 204 valence electrons. The molecular weight excluding hydrogens is 496 g/mol. The maximum absolute atomic E-state index is 12.7. The van der Waals surface area contributed by atoms with E-state index in [4.69, 9.17) is 9.26 Å². The van der Waals surface area contributed by atoms with E-state index in [2.05, 4.69) is 33.8 Å². The number of alkyl carbamates (subject to hydrolysis) is 1. The van der Waals surface area contributed by atoms with E-state index in [0.29, 0.717) is 48.8 Å². The van der Waals surface area contributed by atoms with Gasteiger partial charge in [-0.3, -0.25) is 4.79 Å². The van der Waals surface area contributed by atoms with Crippen LogP contribution in [0.1, 0.15) is 50.8 Å². The molecule has 4 rings (SSSR count). The highest BCUT2D eigenvalue weighted by Gasteiger charge is 2.22. The summed E-state index contributed by atoms with van der Waals surface area (Å²) in [5, 5.41) is 19.5. The van der Waals surface area contributed by atoms with Gasteiger partial charge in [-0.1, -0.05) is 24.2 Å². The molecule has 2 N–H and O–H groups in total. The summed E-state index contributed by atoms with van der Waals surface area (Å²) < 4.78 is 10.7. The third kappa shape index (κ3) is 7.13. The van der Waals surface area contributed by atoms with Crippen molar-refractivity contribution in [3.8, 4) is 28.9 Å². The van der Waals surface area contributed by atoms with E-state index in [1.54, 1.807) is 31.7 Å². The van der Waals surface area contributed by atoms with E-state index in [9.17, 15) is 14.9 Å². The van der Waals surface area contributed by atoms with E-state index < -0.39 is 11.7 Å². The first-order valence-corrected chi connectivity index (χ1v) is 13.2. The summed E-state index contributed by atoms with van der Waals surface area (Å²) in [5.74, 6) is 0.648. The van der Waals surface area contributed by atoms with Crippen LogP contribution in [0.15, 0.2) is 40.9 Å². The Morgan fingerprint density at radius 3 is 2.56 bits per heavy atom. The molecule has 0 saturated heterocycles. The van der Waals surface area contributed by atoms with Crippen molar-refractivity contribution in [2.75, 3.05) is 31.5 Å². The Labute approximate surface area is 228 Å². The van der Waals surface area contributed by atoms with Crippen LogP contribution in [0.25, 0.3) is 22.8 Å².